The van der Waals surface area contributed by atoms with Crippen molar-refractivity contribution in [2.45, 2.75) is 43.9 Å². The summed E-state index contributed by atoms with van der Waals surface area (Å²) < 4.78 is 87.0. The Hall–Kier alpha value is -2.76. The van der Waals surface area contributed by atoms with E-state index in [-0.39, 0.29) is 15.3 Å². The largest absolute Gasteiger partial charge is 0.456 e. The Morgan fingerprint density at radius 3 is 2.69 bits per heavy atom. The minimum Gasteiger partial charge on any atom is -0.456 e. The Bertz CT molecular complexity index is 1050. The smallest absolute Gasteiger partial charge is 0.333 e. The molecule has 2 heterocycles. The SMILES string of the molecule is CC(F)(F)[C@@H]1C[C@@](CF)(c2cc(CC(=O)c3nn(C(F)F)cc3Cl)ccc2F)N=C(N)O1. The minimum absolute atomic E-state index is 0.127. The Morgan fingerprint density at radius 2 is 2.12 bits per heavy atom. The monoisotopic (exact) mass is 482 g/mol. The van der Waals surface area contributed by atoms with Crippen LogP contribution in [-0.4, -0.2) is 40.3 Å². The number of nitrogens with zero attached hydrogens (tertiary/aromatic N) is 3. The van der Waals surface area contributed by atoms with Crippen molar-refractivity contribution in [2.24, 2.45) is 10.7 Å². The first kappa shape index (κ1) is 23.9. The highest BCUT2D eigenvalue weighted by molar-refractivity contribution is 6.33. The fraction of sp³-hybridized carbons (Fsp3) is 0.421. The van der Waals surface area contributed by atoms with Crippen molar-refractivity contribution in [3.05, 3.63) is 52.1 Å². The number of aromatic nitrogens is 2. The first-order valence-electron chi connectivity index (χ1n) is 9.17. The predicted octanol–water partition coefficient (Wildman–Crippen LogP) is 4.42. The molecule has 0 spiro atoms. The van der Waals surface area contributed by atoms with Gasteiger partial charge in [0.1, 0.15) is 23.7 Å². The van der Waals surface area contributed by atoms with Gasteiger partial charge >= 0.3 is 6.55 Å². The van der Waals surface area contributed by atoms with Crippen LogP contribution in [-0.2, 0) is 16.7 Å². The third-order valence-corrected chi connectivity index (χ3v) is 5.22. The zero-order valence-corrected chi connectivity index (χ0v) is 17.2. The molecule has 0 saturated heterocycles. The van der Waals surface area contributed by atoms with Crippen molar-refractivity contribution in [1.82, 2.24) is 9.78 Å². The highest BCUT2D eigenvalue weighted by atomic mass is 35.5. The van der Waals surface area contributed by atoms with Crippen LogP contribution in [0.4, 0.5) is 26.3 Å². The summed E-state index contributed by atoms with van der Waals surface area (Å²) in [6, 6.07) is 2.46. The van der Waals surface area contributed by atoms with E-state index in [1.54, 1.807) is 0 Å². The van der Waals surface area contributed by atoms with Gasteiger partial charge in [-0.1, -0.05) is 17.7 Å². The van der Waals surface area contributed by atoms with E-state index in [2.05, 4.69) is 10.1 Å². The minimum atomic E-state index is -3.43. The number of alkyl halides is 5. The molecule has 174 valence electrons. The average Bonchev–Trinajstić information content (AvgIpc) is 3.10. The van der Waals surface area contributed by atoms with Crippen LogP contribution in [0.2, 0.25) is 5.02 Å². The third kappa shape index (κ3) is 4.69. The molecule has 2 atom stereocenters. The normalized spacial score (nSPS) is 21.4. The Morgan fingerprint density at radius 1 is 1.44 bits per heavy atom. The van der Waals surface area contributed by atoms with Gasteiger partial charge in [-0.05, 0) is 17.7 Å². The number of hydrogen-bond acceptors (Lipinski definition) is 5. The quantitative estimate of drug-likeness (QED) is 0.468. The van der Waals surface area contributed by atoms with Gasteiger partial charge < -0.3 is 10.5 Å². The number of hydrogen-bond donors (Lipinski definition) is 1. The zero-order valence-electron chi connectivity index (χ0n) is 16.5. The molecule has 3 rings (SSSR count). The lowest BCUT2D eigenvalue weighted by atomic mass is 9.82. The maximum Gasteiger partial charge on any atom is 0.333 e. The lowest BCUT2D eigenvalue weighted by Gasteiger charge is -2.38. The van der Waals surface area contributed by atoms with Crippen LogP contribution in [0.5, 0.6) is 0 Å². The van der Waals surface area contributed by atoms with Gasteiger partial charge in [-0.3, -0.25) is 4.79 Å². The predicted molar refractivity (Wildman–Crippen MR) is 102 cm³/mol. The Balaban J connectivity index is 1.96. The van der Waals surface area contributed by atoms with Crippen molar-refractivity contribution < 1.29 is 35.9 Å². The molecule has 0 saturated carbocycles. The van der Waals surface area contributed by atoms with Gasteiger partial charge in [0, 0.05) is 25.3 Å². The molecule has 2 N–H and O–H groups in total. The number of rotatable bonds is 7. The molecule has 6 nitrogen and oxygen atoms in total. The van der Waals surface area contributed by atoms with E-state index in [1.807, 2.05) is 0 Å². The molecule has 1 aromatic heterocycles. The number of halogens is 7. The molecule has 0 unspecified atom stereocenters. The second kappa shape index (κ2) is 8.64. The molecule has 1 aliphatic rings. The molecule has 0 radical (unpaired) electrons. The van der Waals surface area contributed by atoms with Crippen LogP contribution >= 0.6 is 11.6 Å². The van der Waals surface area contributed by atoms with Gasteiger partial charge in [-0.2, -0.15) is 13.9 Å². The summed E-state index contributed by atoms with van der Waals surface area (Å²) in [5.74, 6) is -5.16. The molecule has 0 bridgehead atoms. The lowest BCUT2D eigenvalue weighted by Crippen LogP contribution is -2.48. The molecule has 2 aromatic rings. The summed E-state index contributed by atoms with van der Waals surface area (Å²) in [5, 5.41) is 3.11. The average molecular weight is 483 g/mol. The standard InChI is InChI=1S/C19H17ClF6N4O2/c1-18(25,26)14-6-19(8-21,28-17(27)32-14)10-4-9(2-3-12(10)22)5-13(31)15-11(20)7-30(29-15)16(23)24/h2-4,7,14,16H,5-6,8H2,1H3,(H2,27,28)/t14-,19+/m0/s1. The van der Waals surface area contributed by atoms with E-state index < -0.39 is 72.5 Å². The fourth-order valence-electron chi connectivity index (χ4n) is 3.35. The summed E-state index contributed by atoms with van der Waals surface area (Å²) in [7, 11) is 0. The van der Waals surface area contributed by atoms with Gasteiger partial charge in [-0.15, -0.1) is 0 Å². The maximum absolute atomic E-state index is 14.6. The van der Waals surface area contributed by atoms with E-state index in [0.29, 0.717) is 6.92 Å². The molecule has 32 heavy (non-hydrogen) atoms. The second-order valence-corrected chi connectivity index (χ2v) is 7.79. The summed E-state index contributed by atoms with van der Waals surface area (Å²) in [4.78, 5) is 16.2. The maximum atomic E-state index is 14.6. The van der Waals surface area contributed by atoms with Crippen LogP contribution < -0.4 is 5.73 Å². The zero-order chi connectivity index (χ0) is 23.8. The molecule has 0 aliphatic carbocycles. The molecule has 1 aliphatic heterocycles. The highest BCUT2D eigenvalue weighted by Crippen LogP contribution is 2.41. The Labute approximate surface area is 183 Å². The number of nitrogens with two attached hydrogens (primary N) is 1. The number of benzene rings is 1. The van der Waals surface area contributed by atoms with Crippen molar-refractivity contribution in [2.75, 3.05) is 6.67 Å². The van der Waals surface area contributed by atoms with Crippen LogP contribution in [0, 0.1) is 5.82 Å². The van der Waals surface area contributed by atoms with E-state index in [4.69, 9.17) is 22.1 Å². The third-order valence-electron chi connectivity index (χ3n) is 4.94. The van der Waals surface area contributed by atoms with Crippen molar-refractivity contribution in [3.63, 3.8) is 0 Å². The summed E-state index contributed by atoms with van der Waals surface area (Å²) in [5.41, 5.74) is 2.64. The van der Waals surface area contributed by atoms with Crippen molar-refractivity contribution in [1.29, 1.82) is 0 Å². The number of ether oxygens (including phenoxy) is 1. The first-order valence-corrected chi connectivity index (χ1v) is 9.55. The van der Waals surface area contributed by atoms with Gasteiger partial charge in [0.25, 0.3) is 11.9 Å². The number of carbonyl (C=O) groups is 1. The van der Waals surface area contributed by atoms with Crippen LogP contribution in [0.3, 0.4) is 0 Å². The molecule has 0 fully saturated rings. The van der Waals surface area contributed by atoms with Crippen LogP contribution in [0.25, 0.3) is 0 Å². The van der Waals surface area contributed by atoms with Gasteiger partial charge in [0.2, 0.25) is 0 Å². The van der Waals surface area contributed by atoms with Crippen LogP contribution in [0.1, 0.15) is 41.5 Å². The topological polar surface area (TPSA) is 82.5 Å². The van der Waals surface area contributed by atoms with E-state index in [1.165, 1.54) is 6.07 Å². The van der Waals surface area contributed by atoms with Crippen molar-refractivity contribution in [3.8, 4) is 0 Å². The van der Waals surface area contributed by atoms with Gasteiger partial charge in [0.15, 0.2) is 11.9 Å². The van der Waals surface area contributed by atoms with E-state index >= 15 is 0 Å². The molecular weight excluding hydrogens is 466 g/mol. The first-order chi connectivity index (χ1) is 14.9. The number of carbonyl (C=O) groups excluding carboxylic acids is 1. The van der Waals surface area contributed by atoms with Gasteiger partial charge in [-0.25, -0.2) is 27.2 Å². The number of Topliss-reactive ketones (excluding diaryl/α,β-unsaturated/α-hetero) is 1. The van der Waals surface area contributed by atoms with Crippen LogP contribution in [0.15, 0.2) is 29.4 Å². The molecular formula is C19H17ClF6N4O2. The molecule has 1 aromatic carbocycles. The fourth-order valence-corrected chi connectivity index (χ4v) is 3.60. The lowest BCUT2D eigenvalue weighted by molar-refractivity contribution is -0.106. The Kier molecular flexibility index (Phi) is 6.45. The summed E-state index contributed by atoms with van der Waals surface area (Å²) in [6.45, 7) is -3.84. The van der Waals surface area contributed by atoms with Crippen molar-refractivity contribution >= 4 is 23.4 Å². The summed E-state index contributed by atoms with van der Waals surface area (Å²) >= 11 is 5.78. The highest BCUT2D eigenvalue weighted by Gasteiger charge is 2.49. The second-order valence-electron chi connectivity index (χ2n) is 7.38. The number of aliphatic imine (C=N–C) groups is 1. The molecule has 13 heteroatoms. The van der Waals surface area contributed by atoms with E-state index in [0.717, 1.165) is 18.3 Å². The number of ketones is 1. The van der Waals surface area contributed by atoms with E-state index in [9.17, 15) is 31.1 Å². The summed E-state index contributed by atoms with van der Waals surface area (Å²) in [6.07, 6.45) is -2.26. The van der Waals surface area contributed by atoms with Gasteiger partial charge in [0.05, 0.1) is 11.2 Å². The number of amidine groups is 1. The molecule has 0 amide bonds.